The van der Waals surface area contributed by atoms with E-state index in [0.29, 0.717) is 0 Å². The summed E-state index contributed by atoms with van der Waals surface area (Å²) in [5, 5.41) is 13.5. The van der Waals surface area contributed by atoms with Crippen LogP contribution >= 0.6 is 0 Å². The second-order valence-electron chi connectivity index (χ2n) is 2.88. The smallest absolute Gasteiger partial charge is 0.281 e. The molecule has 6 nitrogen and oxygen atoms in total. The van der Waals surface area contributed by atoms with Gasteiger partial charge in [-0.15, -0.1) is 0 Å². The number of halogens is 2. The molecule has 0 aromatic carbocycles. The van der Waals surface area contributed by atoms with Crippen LogP contribution in [0.3, 0.4) is 0 Å². The molecule has 2 N–H and O–H groups in total. The Kier molecular flexibility index (Phi) is 3.59. The normalized spacial score (nSPS) is 11.3. The molecule has 0 aliphatic heterocycles. The van der Waals surface area contributed by atoms with Crippen LogP contribution in [0.2, 0.25) is 0 Å². The van der Waals surface area contributed by atoms with Crippen molar-refractivity contribution in [1.29, 1.82) is 5.26 Å². The topological polar surface area (TPSA) is 106 Å². The molecule has 9 heteroatoms. The van der Waals surface area contributed by atoms with Gasteiger partial charge in [0.1, 0.15) is 16.7 Å². The number of nitriles is 1. The summed E-state index contributed by atoms with van der Waals surface area (Å²) in [5.41, 5.74) is -1.75. The van der Waals surface area contributed by atoms with Crippen molar-refractivity contribution in [2.75, 3.05) is 7.11 Å². The van der Waals surface area contributed by atoms with Gasteiger partial charge < -0.3 is 4.74 Å². The van der Waals surface area contributed by atoms with E-state index in [2.05, 4.69) is 9.72 Å². The van der Waals surface area contributed by atoms with Gasteiger partial charge in [0.15, 0.2) is 0 Å². The van der Waals surface area contributed by atoms with Crippen molar-refractivity contribution in [3.05, 3.63) is 17.3 Å². The molecule has 1 heterocycles. The summed E-state index contributed by atoms with van der Waals surface area (Å²) in [6.07, 6.45) is -3.11. The first-order valence-electron chi connectivity index (χ1n) is 4.11. The second kappa shape index (κ2) is 4.60. The van der Waals surface area contributed by atoms with E-state index in [1.54, 1.807) is 0 Å². The molecule has 1 aromatic heterocycles. The van der Waals surface area contributed by atoms with E-state index in [4.69, 9.17) is 10.4 Å². The summed E-state index contributed by atoms with van der Waals surface area (Å²) in [5.74, 6) is -0.358. The molecule has 0 spiro atoms. The number of rotatable bonds is 3. The predicted octanol–water partition coefficient (Wildman–Crippen LogP) is 0.547. The van der Waals surface area contributed by atoms with Gasteiger partial charge in [0, 0.05) is 6.07 Å². The van der Waals surface area contributed by atoms with E-state index < -0.39 is 32.6 Å². The van der Waals surface area contributed by atoms with Crippen molar-refractivity contribution in [2.45, 2.75) is 11.3 Å². The molecule has 1 rings (SSSR count). The van der Waals surface area contributed by atoms with Gasteiger partial charge in [-0.25, -0.2) is 27.3 Å². The fraction of sp³-hybridized carbons (Fsp3) is 0.250. The largest absolute Gasteiger partial charge is 0.481 e. The number of sulfonamides is 1. The third-order valence-corrected chi connectivity index (χ3v) is 2.76. The predicted molar refractivity (Wildman–Crippen MR) is 51.8 cm³/mol. The number of hydrogen-bond donors (Lipinski definition) is 1. The van der Waals surface area contributed by atoms with Gasteiger partial charge in [0.2, 0.25) is 15.9 Å². The molecule has 0 bridgehead atoms. The van der Waals surface area contributed by atoms with E-state index in [-0.39, 0.29) is 5.88 Å². The lowest BCUT2D eigenvalue weighted by Gasteiger charge is -2.09. The minimum Gasteiger partial charge on any atom is -0.481 e. The molecule has 0 fully saturated rings. The fourth-order valence-electron chi connectivity index (χ4n) is 1.12. The second-order valence-corrected chi connectivity index (χ2v) is 4.41. The number of ether oxygens (including phenoxy) is 1. The van der Waals surface area contributed by atoms with Crippen LogP contribution in [0.4, 0.5) is 8.78 Å². The highest BCUT2D eigenvalue weighted by molar-refractivity contribution is 7.89. The van der Waals surface area contributed by atoms with Crippen LogP contribution in [-0.2, 0) is 10.0 Å². The lowest BCUT2D eigenvalue weighted by Crippen LogP contribution is -2.16. The number of methoxy groups -OCH3 is 1. The highest BCUT2D eigenvalue weighted by Crippen LogP contribution is 2.28. The number of alkyl halides is 2. The third-order valence-electron chi connectivity index (χ3n) is 1.82. The van der Waals surface area contributed by atoms with Crippen LogP contribution < -0.4 is 9.88 Å². The Morgan fingerprint density at radius 2 is 2.18 bits per heavy atom. The number of primary sulfonamides is 1. The molecule has 0 radical (unpaired) electrons. The number of nitrogens with zero attached hydrogens (tertiary/aromatic N) is 2. The Labute approximate surface area is 95.7 Å². The van der Waals surface area contributed by atoms with Crippen molar-refractivity contribution in [3.63, 3.8) is 0 Å². The van der Waals surface area contributed by atoms with Crippen LogP contribution in [0.15, 0.2) is 11.0 Å². The lowest BCUT2D eigenvalue weighted by molar-refractivity contribution is 0.144. The summed E-state index contributed by atoms with van der Waals surface area (Å²) >= 11 is 0. The van der Waals surface area contributed by atoms with E-state index in [1.807, 2.05) is 0 Å². The Morgan fingerprint density at radius 3 is 2.53 bits per heavy atom. The summed E-state index contributed by atoms with van der Waals surface area (Å²) in [4.78, 5) is 2.59. The molecule has 0 saturated carbocycles. The van der Waals surface area contributed by atoms with Crippen molar-refractivity contribution in [3.8, 4) is 11.9 Å². The number of hydrogen-bond acceptors (Lipinski definition) is 5. The van der Waals surface area contributed by atoms with Gasteiger partial charge in [-0.05, 0) is 0 Å². The van der Waals surface area contributed by atoms with Crippen LogP contribution in [0.1, 0.15) is 17.7 Å². The van der Waals surface area contributed by atoms with Crippen LogP contribution in [0.25, 0.3) is 0 Å². The van der Waals surface area contributed by atoms with Gasteiger partial charge in [-0.3, -0.25) is 0 Å². The van der Waals surface area contributed by atoms with E-state index in [9.17, 15) is 17.2 Å². The Bertz CT molecular complexity index is 580. The molecule has 17 heavy (non-hydrogen) atoms. The third kappa shape index (κ3) is 2.66. The first kappa shape index (κ1) is 13.3. The van der Waals surface area contributed by atoms with Crippen LogP contribution in [0.5, 0.6) is 5.88 Å². The van der Waals surface area contributed by atoms with Crippen molar-refractivity contribution < 1.29 is 21.9 Å². The van der Waals surface area contributed by atoms with E-state index in [1.165, 1.54) is 6.07 Å². The Balaban J connectivity index is 3.71. The molecule has 0 aliphatic carbocycles. The van der Waals surface area contributed by atoms with Crippen LogP contribution in [-0.4, -0.2) is 20.5 Å². The number of aromatic nitrogens is 1. The summed E-state index contributed by atoms with van der Waals surface area (Å²) in [6.45, 7) is 0. The summed E-state index contributed by atoms with van der Waals surface area (Å²) in [7, 11) is -3.19. The lowest BCUT2D eigenvalue weighted by atomic mass is 10.2. The van der Waals surface area contributed by atoms with Crippen molar-refractivity contribution in [1.82, 2.24) is 4.98 Å². The molecular weight excluding hydrogens is 256 g/mol. The van der Waals surface area contributed by atoms with Crippen molar-refractivity contribution >= 4 is 10.0 Å². The minimum atomic E-state index is -4.31. The highest BCUT2D eigenvalue weighted by atomic mass is 32.2. The van der Waals surface area contributed by atoms with Gasteiger partial charge in [0.25, 0.3) is 6.43 Å². The zero-order chi connectivity index (χ0) is 13.2. The highest BCUT2D eigenvalue weighted by Gasteiger charge is 2.25. The standard InChI is InChI=1S/C8H7F2N3O3S/c1-16-6-2-5(17(12,14)15)4(3-11)7(13-6)8(9)10/h2,8H,1H3,(H2,12,14,15). The fourth-order valence-corrected chi connectivity index (χ4v) is 1.82. The maximum Gasteiger partial charge on any atom is 0.281 e. The monoisotopic (exact) mass is 263 g/mol. The van der Waals surface area contributed by atoms with Gasteiger partial charge in [-0.1, -0.05) is 0 Å². The molecule has 0 unspecified atom stereocenters. The maximum atomic E-state index is 12.6. The van der Waals surface area contributed by atoms with Crippen molar-refractivity contribution in [2.24, 2.45) is 5.14 Å². The molecule has 92 valence electrons. The average molecular weight is 263 g/mol. The molecular formula is C8H7F2N3O3S. The summed E-state index contributed by atoms with van der Waals surface area (Å²) in [6, 6.07) is 2.17. The average Bonchev–Trinajstić information content (AvgIpc) is 2.25. The first-order chi connectivity index (χ1) is 7.81. The number of pyridine rings is 1. The zero-order valence-electron chi connectivity index (χ0n) is 8.52. The minimum absolute atomic E-state index is 0.358. The van der Waals surface area contributed by atoms with Gasteiger partial charge in [-0.2, -0.15) is 5.26 Å². The van der Waals surface area contributed by atoms with Gasteiger partial charge in [0.05, 0.1) is 12.7 Å². The van der Waals surface area contributed by atoms with E-state index >= 15 is 0 Å². The van der Waals surface area contributed by atoms with E-state index in [0.717, 1.165) is 13.2 Å². The zero-order valence-corrected chi connectivity index (χ0v) is 9.33. The van der Waals surface area contributed by atoms with Gasteiger partial charge >= 0.3 is 0 Å². The molecule has 0 atom stereocenters. The molecule has 1 aromatic rings. The Hall–Kier alpha value is -1.79. The Morgan fingerprint density at radius 1 is 1.59 bits per heavy atom. The summed E-state index contributed by atoms with van der Waals surface area (Å²) < 4.78 is 52.1. The number of nitrogens with two attached hydrogens (primary N) is 1. The molecule has 0 saturated heterocycles. The maximum absolute atomic E-state index is 12.6. The molecule has 0 aliphatic rings. The SMILES string of the molecule is COc1cc(S(N)(=O)=O)c(C#N)c(C(F)F)n1. The quantitative estimate of drug-likeness (QED) is 0.856. The van der Waals surface area contributed by atoms with Crippen LogP contribution in [0, 0.1) is 11.3 Å². The molecule has 0 amide bonds. The first-order valence-corrected chi connectivity index (χ1v) is 5.66.